The van der Waals surface area contributed by atoms with E-state index in [1.54, 1.807) is 0 Å². The molecule has 0 rings (SSSR count). The van der Waals surface area contributed by atoms with Gasteiger partial charge in [-0.3, -0.25) is 0 Å². The molecule has 0 aromatic heterocycles. The number of rotatable bonds is 2. The first kappa shape index (κ1) is 5.39. The maximum Gasteiger partial charge on any atom is 0.0444 e. The lowest BCUT2D eigenvalue weighted by atomic mass is 10.6. The zero-order chi connectivity index (χ0) is 5.91. The highest BCUT2D eigenvalue weighted by atomic mass is 79.9. The van der Waals surface area contributed by atoms with Crippen molar-refractivity contribution in [3.63, 3.8) is 0 Å². The van der Waals surface area contributed by atoms with Gasteiger partial charge >= 0.3 is 0 Å². The number of alkyl halides is 3. The Morgan fingerprint density at radius 1 is 2.00 bits per heavy atom. The van der Waals surface area contributed by atoms with E-state index in [-0.39, 0.29) is 0 Å². The van der Waals surface area contributed by atoms with Gasteiger partial charge in [0.15, 0.2) is 0 Å². The number of hydrogen-bond acceptors (Lipinski definition) is 0. The molecule has 0 aliphatic heterocycles. The van der Waals surface area contributed by atoms with Crippen LogP contribution in [0.5, 0.6) is 0 Å². The summed E-state index contributed by atoms with van der Waals surface area (Å²) in [6.45, 7) is 0. The van der Waals surface area contributed by atoms with Gasteiger partial charge in [0, 0.05) is 17.4 Å². The fourth-order valence-corrected chi connectivity index (χ4v) is 0.557. The molecule has 0 spiro atoms. The zero-order valence-corrected chi connectivity index (χ0v) is 6.98. The molecule has 0 saturated carbocycles. The van der Waals surface area contributed by atoms with E-state index in [0.29, 0.717) is 11.2 Å². The Morgan fingerprint density at radius 2 is 2.50 bits per heavy atom. The molecule has 0 aliphatic rings. The van der Waals surface area contributed by atoms with E-state index in [9.17, 15) is 0 Å². The van der Waals surface area contributed by atoms with Crippen molar-refractivity contribution in [3.8, 4) is 0 Å². The van der Waals surface area contributed by atoms with E-state index < -0.39 is 4.80 Å². The van der Waals surface area contributed by atoms with Crippen molar-refractivity contribution in [2.24, 2.45) is 0 Å². The summed E-state index contributed by atoms with van der Waals surface area (Å²) < 4.78 is 7.16. The summed E-state index contributed by atoms with van der Waals surface area (Å²) in [7, 11) is 0. The van der Waals surface area contributed by atoms with Crippen molar-refractivity contribution in [3.05, 3.63) is 0 Å². The van der Waals surface area contributed by atoms with Crippen LogP contribution in [0, 0.1) is 0 Å². The first-order valence-corrected chi connectivity index (χ1v) is 3.88. The minimum atomic E-state index is -0.672. The monoisotopic (exact) mass is 235 g/mol. The van der Waals surface area contributed by atoms with Gasteiger partial charge in [0.05, 0.1) is 0 Å². The van der Waals surface area contributed by atoms with Crippen molar-refractivity contribution in [1.29, 1.82) is 0 Å². The fraction of sp³-hybridized carbons (Fsp3) is 1.00. The van der Waals surface area contributed by atoms with Crippen LogP contribution in [0.4, 0.5) is 0 Å². The predicted molar refractivity (Wildman–Crippen MR) is 37.2 cm³/mol. The smallest absolute Gasteiger partial charge is 0.0444 e. The SMILES string of the molecule is [2H]C(Br)(CCl)CBr. The quantitative estimate of drug-likeness (QED) is 0.647. The summed E-state index contributed by atoms with van der Waals surface area (Å²) in [6, 6.07) is 0. The summed E-state index contributed by atoms with van der Waals surface area (Å²) in [5.74, 6) is 0.304. The van der Waals surface area contributed by atoms with E-state index >= 15 is 0 Å². The first-order valence-electron chi connectivity index (χ1n) is 1.93. The maximum atomic E-state index is 7.16. The van der Waals surface area contributed by atoms with Gasteiger partial charge in [-0.15, -0.1) is 11.6 Å². The highest BCUT2D eigenvalue weighted by Gasteiger charge is 1.94. The van der Waals surface area contributed by atoms with E-state index in [0.717, 1.165) is 0 Å². The molecule has 0 fully saturated rings. The lowest BCUT2D eigenvalue weighted by Crippen LogP contribution is -1.98. The molecule has 0 aliphatic carbocycles. The molecule has 0 aromatic carbocycles. The second kappa shape index (κ2) is 4.41. The Labute approximate surface area is 60.9 Å². The Hall–Kier alpha value is 1.25. The predicted octanol–water partition coefficient (Wildman–Crippen LogP) is 2.38. The van der Waals surface area contributed by atoms with Crippen LogP contribution in [0.15, 0.2) is 0 Å². The van der Waals surface area contributed by atoms with Gasteiger partial charge in [0.2, 0.25) is 0 Å². The van der Waals surface area contributed by atoms with Crippen LogP contribution in [-0.4, -0.2) is 16.0 Å². The van der Waals surface area contributed by atoms with E-state index in [2.05, 4.69) is 31.9 Å². The molecule has 0 saturated heterocycles. The van der Waals surface area contributed by atoms with Crippen molar-refractivity contribution in [2.45, 2.75) is 4.80 Å². The molecule has 0 aromatic rings. The van der Waals surface area contributed by atoms with Gasteiger partial charge in [0.25, 0.3) is 0 Å². The molecule has 0 heterocycles. The van der Waals surface area contributed by atoms with Gasteiger partial charge in [-0.1, -0.05) is 31.9 Å². The lowest BCUT2D eigenvalue weighted by molar-refractivity contribution is 1.18. The third-order valence-corrected chi connectivity index (χ3v) is 2.93. The maximum absolute atomic E-state index is 7.16. The second-order valence-electron chi connectivity index (χ2n) is 0.785. The van der Waals surface area contributed by atoms with E-state index in [4.69, 9.17) is 13.0 Å². The fourth-order valence-electron chi connectivity index (χ4n) is 0.0357. The van der Waals surface area contributed by atoms with Crippen LogP contribution in [0.3, 0.4) is 0 Å². The Morgan fingerprint density at radius 3 is 2.50 bits per heavy atom. The van der Waals surface area contributed by atoms with E-state index in [1.807, 2.05) is 0 Å². The molecule has 6 heavy (non-hydrogen) atoms. The van der Waals surface area contributed by atoms with Crippen LogP contribution in [0.25, 0.3) is 0 Å². The third kappa shape index (κ3) is 3.44. The van der Waals surface area contributed by atoms with E-state index in [1.165, 1.54) is 0 Å². The van der Waals surface area contributed by atoms with Crippen molar-refractivity contribution in [1.82, 2.24) is 0 Å². The van der Waals surface area contributed by atoms with Gasteiger partial charge in [0.1, 0.15) is 0 Å². The summed E-state index contributed by atoms with van der Waals surface area (Å²) in [5.41, 5.74) is 0. The largest absolute Gasteiger partial charge is 0.125 e. The average Bonchev–Trinajstić information content (AvgIpc) is 1.68. The Bertz CT molecular complexity index is 50.9. The standard InChI is InChI=1S/C3H5Br2Cl/c4-1-3(5)2-6/h3H,1-2H2/i3D. The zero-order valence-electron chi connectivity index (χ0n) is 4.05. The minimum Gasteiger partial charge on any atom is -0.125 e. The Balaban J connectivity index is 3.36. The molecular formula is C3H5Br2Cl. The van der Waals surface area contributed by atoms with Gasteiger partial charge in [-0.2, -0.15) is 0 Å². The molecule has 3 heteroatoms. The Kier molecular flexibility index (Phi) is 3.96. The molecule has 0 nitrogen and oxygen atoms in total. The van der Waals surface area contributed by atoms with Crippen LogP contribution in [0.1, 0.15) is 1.37 Å². The van der Waals surface area contributed by atoms with Crippen LogP contribution in [0.2, 0.25) is 0 Å². The molecule has 0 N–H and O–H groups in total. The second-order valence-corrected chi connectivity index (χ2v) is 2.73. The molecule has 38 valence electrons. The van der Waals surface area contributed by atoms with Gasteiger partial charge < -0.3 is 0 Å². The summed E-state index contributed by atoms with van der Waals surface area (Å²) in [6.07, 6.45) is 0. The van der Waals surface area contributed by atoms with Crippen LogP contribution < -0.4 is 0 Å². The molecule has 0 bridgehead atoms. The van der Waals surface area contributed by atoms with Gasteiger partial charge in [-0.05, 0) is 0 Å². The molecule has 1 atom stereocenters. The van der Waals surface area contributed by atoms with Crippen molar-refractivity contribution >= 4 is 43.5 Å². The van der Waals surface area contributed by atoms with Gasteiger partial charge in [-0.25, -0.2) is 0 Å². The topological polar surface area (TPSA) is 0 Å². The average molecular weight is 237 g/mol. The molecule has 0 radical (unpaired) electrons. The molecule has 1 unspecified atom stereocenters. The first-order chi connectivity index (χ1) is 3.12. The normalized spacial score (nSPS) is 22.2. The third-order valence-electron chi connectivity index (χ3n) is 0.290. The highest BCUT2D eigenvalue weighted by Crippen LogP contribution is 2.03. The highest BCUT2D eigenvalue weighted by molar-refractivity contribution is 9.12. The summed E-state index contributed by atoms with van der Waals surface area (Å²) >= 11 is 11.5. The summed E-state index contributed by atoms with van der Waals surface area (Å²) in [5, 5.41) is 0.559. The minimum absolute atomic E-state index is 0.304. The molecule has 0 amide bonds. The number of hydrogen-bond donors (Lipinski definition) is 0. The molecular weight excluding hydrogens is 231 g/mol. The number of halogens is 3. The van der Waals surface area contributed by atoms with Crippen LogP contribution >= 0.6 is 43.5 Å². The lowest BCUT2D eigenvalue weighted by Gasteiger charge is -1.93. The summed E-state index contributed by atoms with van der Waals surface area (Å²) in [4.78, 5) is -0.672. The van der Waals surface area contributed by atoms with Crippen molar-refractivity contribution in [2.75, 3.05) is 11.2 Å². The van der Waals surface area contributed by atoms with Crippen LogP contribution in [-0.2, 0) is 0 Å². The van der Waals surface area contributed by atoms with Crippen molar-refractivity contribution < 1.29 is 1.37 Å².